The fraction of sp³-hybridized carbons (Fsp3) is 0.958. The lowest BCUT2D eigenvalue weighted by molar-refractivity contribution is -0.199. The molecular weight excluding hydrogens is 437 g/mol. The maximum absolute atomic E-state index is 12.4. The number of hydrogen-bond donors (Lipinski definition) is 1. The Labute approximate surface area is 202 Å². The third-order valence-corrected chi connectivity index (χ3v) is 9.39. The van der Waals surface area contributed by atoms with E-state index in [4.69, 9.17) is 23.5 Å². The SMILES string of the molecule is CC(C)(C)OC(=O)N[C@H](COCOCC[Si](C)(C)C)CB1O[C@@H]2C[C@@H]3C[C@@H](C3(C)C)[C@]2(C)O1. The van der Waals surface area contributed by atoms with Gasteiger partial charge in [0.05, 0.1) is 24.4 Å². The Morgan fingerprint density at radius 3 is 2.48 bits per heavy atom. The van der Waals surface area contributed by atoms with Crippen molar-refractivity contribution < 1.29 is 28.3 Å². The van der Waals surface area contributed by atoms with Crippen molar-refractivity contribution in [2.75, 3.05) is 20.0 Å². The number of rotatable bonds is 10. The van der Waals surface area contributed by atoms with Crippen LogP contribution < -0.4 is 5.32 Å². The fourth-order valence-corrected chi connectivity index (χ4v) is 6.37. The molecule has 0 aromatic heterocycles. The third-order valence-electron chi connectivity index (χ3n) is 7.68. The zero-order valence-electron chi connectivity index (χ0n) is 22.3. The predicted octanol–water partition coefficient (Wildman–Crippen LogP) is 4.94. The Hall–Kier alpha value is -0.608. The van der Waals surface area contributed by atoms with Gasteiger partial charge in [-0.2, -0.15) is 0 Å². The van der Waals surface area contributed by atoms with Crippen LogP contribution in [0.5, 0.6) is 0 Å². The molecule has 1 N–H and O–H groups in total. The molecule has 0 radical (unpaired) electrons. The van der Waals surface area contributed by atoms with Crippen LogP contribution in [0.1, 0.15) is 54.4 Å². The number of alkyl carbamates (subject to hydrolysis) is 1. The van der Waals surface area contributed by atoms with Crippen LogP contribution in [0.25, 0.3) is 0 Å². The lowest BCUT2D eigenvalue weighted by Crippen LogP contribution is -2.65. The highest BCUT2D eigenvalue weighted by Gasteiger charge is 2.67. The Morgan fingerprint density at radius 2 is 1.88 bits per heavy atom. The van der Waals surface area contributed by atoms with E-state index in [1.165, 1.54) is 6.42 Å². The minimum atomic E-state index is -1.13. The number of nitrogens with one attached hydrogen (secondary N) is 1. The molecule has 1 saturated heterocycles. The lowest BCUT2D eigenvalue weighted by atomic mass is 9.43. The third kappa shape index (κ3) is 6.75. The van der Waals surface area contributed by atoms with Crippen molar-refractivity contribution in [2.24, 2.45) is 17.3 Å². The maximum Gasteiger partial charge on any atom is 0.459 e. The molecule has 4 fully saturated rings. The summed E-state index contributed by atoms with van der Waals surface area (Å²) in [5, 5.41) is 2.95. The molecule has 1 heterocycles. The van der Waals surface area contributed by atoms with Crippen molar-refractivity contribution in [2.45, 2.75) is 110 Å². The van der Waals surface area contributed by atoms with E-state index in [0.717, 1.165) is 12.5 Å². The molecule has 190 valence electrons. The Morgan fingerprint density at radius 1 is 1.18 bits per heavy atom. The van der Waals surface area contributed by atoms with Crippen molar-refractivity contribution in [1.82, 2.24) is 5.32 Å². The van der Waals surface area contributed by atoms with Gasteiger partial charge in [-0.05, 0) is 63.8 Å². The molecular formula is C24H46BNO6Si. The normalized spacial score (nSPS) is 31.5. The fourth-order valence-electron chi connectivity index (χ4n) is 5.61. The molecule has 1 amide bonds. The molecule has 0 aromatic carbocycles. The molecule has 4 aliphatic rings. The van der Waals surface area contributed by atoms with Crippen LogP contribution in [-0.2, 0) is 23.5 Å². The molecule has 4 rings (SSSR count). The van der Waals surface area contributed by atoms with E-state index in [-0.39, 0.29) is 31.7 Å². The van der Waals surface area contributed by atoms with E-state index in [2.05, 4.69) is 45.7 Å². The van der Waals surface area contributed by atoms with E-state index in [9.17, 15) is 4.79 Å². The quantitative estimate of drug-likeness (QED) is 0.270. The summed E-state index contributed by atoms with van der Waals surface area (Å²) in [6, 6.07) is 0.801. The molecule has 5 atom stereocenters. The van der Waals surface area contributed by atoms with Crippen molar-refractivity contribution in [3.63, 3.8) is 0 Å². The molecule has 1 aliphatic heterocycles. The van der Waals surface area contributed by atoms with E-state index in [1.54, 1.807) is 0 Å². The smallest absolute Gasteiger partial charge is 0.444 e. The average molecular weight is 484 g/mol. The van der Waals surface area contributed by atoms with E-state index >= 15 is 0 Å². The summed E-state index contributed by atoms with van der Waals surface area (Å²) in [7, 11) is -1.50. The van der Waals surface area contributed by atoms with Crippen LogP contribution in [0.3, 0.4) is 0 Å². The van der Waals surface area contributed by atoms with E-state index in [1.807, 2.05) is 20.8 Å². The number of carbonyl (C=O) groups is 1. The van der Waals surface area contributed by atoms with Crippen LogP contribution >= 0.6 is 0 Å². The largest absolute Gasteiger partial charge is 0.459 e. The van der Waals surface area contributed by atoms with Gasteiger partial charge in [-0.3, -0.25) is 0 Å². The predicted molar refractivity (Wildman–Crippen MR) is 133 cm³/mol. The molecule has 7 nitrogen and oxygen atoms in total. The van der Waals surface area contributed by atoms with Gasteiger partial charge in [0.2, 0.25) is 0 Å². The zero-order valence-corrected chi connectivity index (χ0v) is 23.3. The van der Waals surface area contributed by atoms with Crippen LogP contribution in [0, 0.1) is 17.3 Å². The first-order chi connectivity index (χ1) is 15.1. The minimum Gasteiger partial charge on any atom is -0.444 e. The first-order valence-corrected chi connectivity index (χ1v) is 16.3. The van der Waals surface area contributed by atoms with Gasteiger partial charge in [-0.1, -0.05) is 33.5 Å². The first-order valence-electron chi connectivity index (χ1n) is 12.6. The highest BCUT2D eigenvalue weighted by molar-refractivity contribution is 6.76. The summed E-state index contributed by atoms with van der Waals surface area (Å²) >= 11 is 0. The van der Waals surface area contributed by atoms with Gasteiger partial charge < -0.3 is 28.8 Å². The summed E-state index contributed by atoms with van der Waals surface area (Å²) in [6.07, 6.45) is 2.43. The van der Waals surface area contributed by atoms with Gasteiger partial charge in [-0.25, -0.2) is 4.79 Å². The molecule has 0 spiro atoms. The number of amides is 1. The van der Waals surface area contributed by atoms with Crippen LogP contribution in [0.4, 0.5) is 4.79 Å². The Balaban J connectivity index is 1.53. The second-order valence-electron chi connectivity index (χ2n) is 13.2. The van der Waals surface area contributed by atoms with E-state index in [0.29, 0.717) is 36.8 Å². The molecule has 9 heteroatoms. The monoisotopic (exact) mass is 483 g/mol. The van der Waals surface area contributed by atoms with Gasteiger partial charge in [0.1, 0.15) is 12.4 Å². The second-order valence-corrected chi connectivity index (χ2v) is 18.8. The van der Waals surface area contributed by atoms with Crippen molar-refractivity contribution in [3.8, 4) is 0 Å². The number of ether oxygens (including phenoxy) is 3. The highest BCUT2D eigenvalue weighted by atomic mass is 28.3. The van der Waals surface area contributed by atoms with Crippen LogP contribution in [0.15, 0.2) is 0 Å². The summed E-state index contributed by atoms with van der Waals surface area (Å²) < 4.78 is 29.8. The summed E-state index contributed by atoms with van der Waals surface area (Å²) in [5.41, 5.74) is -0.529. The van der Waals surface area contributed by atoms with Gasteiger partial charge in [-0.15, -0.1) is 0 Å². The highest BCUT2D eigenvalue weighted by Crippen LogP contribution is 2.65. The minimum absolute atomic E-state index is 0.118. The summed E-state index contributed by atoms with van der Waals surface area (Å²) in [5.74, 6) is 1.21. The summed E-state index contributed by atoms with van der Waals surface area (Å²) in [6.45, 7) is 20.7. The van der Waals surface area contributed by atoms with Gasteiger partial charge in [0.25, 0.3) is 0 Å². The van der Waals surface area contributed by atoms with Crippen molar-refractivity contribution >= 4 is 21.3 Å². The number of carbonyl (C=O) groups excluding carboxylic acids is 1. The first kappa shape index (κ1) is 27.0. The molecule has 2 bridgehead atoms. The van der Waals surface area contributed by atoms with Crippen molar-refractivity contribution in [1.29, 1.82) is 0 Å². The molecule has 0 unspecified atom stereocenters. The van der Waals surface area contributed by atoms with Crippen molar-refractivity contribution in [3.05, 3.63) is 0 Å². The molecule has 0 aromatic rings. The molecule has 33 heavy (non-hydrogen) atoms. The topological polar surface area (TPSA) is 75.3 Å². The Bertz CT molecular complexity index is 693. The van der Waals surface area contributed by atoms with Gasteiger partial charge in [0, 0.05) is 21.0 Å². The lowest BCUT2D eigenvalue weighted by Gasteiger charge is -2.64. The molecule has 3 aliphatic carbocycles. The second kappa shape index (κ2) is 9.80. The van der Waals surface area contributed by atoms with Gasteiger partial charge in [0.15, 0.2) is 0 Å². The van der Waals surface area contributed by atoms with Crippen LogP contribution in [0.2, 0.25) is 32.0 Å². The number of hydrogen-bond acceptors (Lipinski definition) is 6. The zero-order chi connectivity index (χ0) is 24.7. The summed E-state index contributed by atoms with van der Waals surface area (Å²) in [4.78, 5) is 12.4. The standard InChI is InChI=1S/C24H46BNO6Si/c1-22(2,3)30-21(27)26-18(15-29-16-28-10-11-33(7,8)9)14-25-31-20-13-17-12-19(23(17,4)5)24(20,6)32-25/h17-20H,10-16H2,1-9H3,(H,26,27)/t17-,18-,19-,20+,24-/m0/s1. The Kier molecular flexibility index (Phi) is 8.02. The van der Waals surface area contributed by atoms with Crippen LogP contribution in [-0.4, -0.2) is 64.6 Å². The molecule has 3 saturated carbocycles. The maximum atomic E-state index is 12.4. The van der Waals surface area contributed by atoms with Gasteiger partial charge >= 0.3 is 13.2 Å². The van der Waals surface area contributed by atoms with E-state index < -0.39 is 19.8 Å². The average Bonchev–Trinajstić information content (AvgIpc) is 2.97.